The predicted octanol–water partition coefficient (Wildman–Crippen LogP) is 5.63. The molecule has 1 N–H and O–H groups in total. The van der Waals surface area contributed by atoms with E-state index in [1.165, 1.54) is 17.0 Å². The number of anilines is 1. The number of sulfonamides is 1. The molecule has 0 radical (unpaired) electrons. The van der Waals surface area contributed by atoms with Crippen molar-refractivity contribution < 1.29 is 18.0 Å². The van der Waals surface area contributed by atoms with Crippen molar-refractivity contribution >= 4 is 55.1 Å². The van der Waals surface area contributed by atoms with Gasteiger partial charge in [0.25, 0.3) is 10.0 Å². The van der Waals surface area contributed by atoms with Crippen molar-refractivity contribution in [3.05, 3.63) is 93.9 Å². The lowest BCUT2D eigenvalue weighted by Crippen LogP contribution is -2.52. The number of hydrogen-bond donors (Lipinski definition) is 1. The molecule has 0 saturated carbocycles. The Bertz CT molecular complexity index is 1350. The highest BCUT2D eigenvalue weighted by Gasteiger charge is 2.32. The van der Waals surface area contributed by atoms with Crippen molar-refractivity contribution in [1.82, 2.24) is 10.2 Å². The van der Waals surface area contributed by atoms with Crippen LogP contribution in [0.3, 0.4) is 0 Å². The molecule has 38 heavy (non-hydrogen) atoms. The maximum atomic E-state index is 13.9. The second kappa shape index (κ2) is 13.3. The zero-order chi connectivity index (χ0) is 27.9. The summed E-state index contributed by atoms with van der Waals surface area (Å²) >= 11 is 9.54. The quantitative estimate of drug-likeness (QED) is 0.301. The lowest BCUT2D eigenvalue weighted by molar-refractivity contribution is -0.139. The minimum absolute atomic E-state index is 0.0553. The SMILES string of the molecule is CCC(C)NC(=O)C(C)N(Cc1cccc(Cl)c1)C(=O)CN(c1ccc(Br)cc1)S(=O)(=O)c1ccccc1. The van der Waals surface area contributed by atoms with Crippen molar-refractivity contribution in [2.75, 3.05) is 10.8 Å². The summed E-state index contributed by atoms with van der Waals surface area (Å²) < 4.78 is 29.3. The third-order valence-corrected chi connectivity index (χ3v) is 8.69. The summed E-state index contributed by atoms with van der Waals surface area (Å²) in [7, 11) is -4.10. The summed E-state index contributed by atoms with van der Waals surface area (Å²) in [5, 5.41) is 3.41. The number of nitrogens with one attached hydrogen (secondary N) is 1. The van der Waals surface area contributed by atoms with Gasteiger partial charge in [0.1, 0.15) is 12.6 Å². The highest BCUT2D eigenvalue weighted by molar-refractivity contribution is 9.10. The van der Waals surface area contributed by atoms with E-state index in [1.54, 1.807) is 73.7 Å². The highest BCUT2D eigenvalue weighted by atomic mass is 79.9. The summed E-state index contributed by atoms with van der Waals surface area (Å²) in [6.45, 7) is 5.05. The molecule has 0 bridgehead atoms. The van der Waals surface area contributed by atoms with Gasteiger partial charge in [0.05, 0.1) is 10.6 Å². The van der Waals surface area contributed by atoms with E-state index in [9.17, 15) is 18.0 Å². The van der Waals surface area contributed by atoms with Crippen LogP contribution in [-0.2, 0) is 26.2 Å². The van der Waals surface area contributed by atoms with E-state index in [-0.39, 0.29) is 23.4 Å². The Morgan fingerprint density at radius 1 is 0.974 bits per heavy atom. The molecule has 0 saturated heterocycles. The first-order valence-corrected chi connectivity index (χ1v) is 14.8. The fourth-order valence-corrected chi connectivity index (χ4v) is 5.65. The highest BCUT2D eigenvalue weighted by Crippen LogP contribution is 2.26. The Kier molecular flexibility index (Phi) is 10.4. The zero-order valence-corrected chi connectivity index (χ0v) is 24.6. The topological polar surface area (TPSA) is 86.8 Å². The van der Waals surface area contributed by atoms with Gasteiger partial charge in [-0.1, -0.05) is 64.8 Å². The van der Waals surface area contributed by atoms with E-state index in [2.05, 4.69) is 21.2 Å². The monoisotopic (exact) mass is 619 g/mol. The smallest absolute Gasteiger partial charge is 0.264 e. The second-order valence-electron chi connectivity index (χ2n) is 8.95. The number of carbonyl (C=O) groups excluding carboxylic acids is 2. The average molecular weight is 621 g/mol. The molecule has 3 rings (SSSR count). The molecule has 0 spiro atoms. The summed E-state index contributed by atoms with van der Waals surface area (Å²) in [4.78, 5) is 28.4. The molecule has 0 fully saturated rings. The van der Waals surface area contributed by atoms with Gasteiger partial charge in [0.15, 0.2) is 0 Å². The van der Waals surface area contributed by atoms with Crippen LogP contribution in [0.2, 0.25) is 5.02 Å². The van der Waals surface area contributed by atoms with Gasteiger partial charge in [0.2, 0.25) is 11.8 Å². The summed E-state index contributed by atoms with van der Waals surface area (Å²) in [5.41, 5.74) is 1.04. The molecule has 2 amide bonds. The van der Waals surface area contributed by atoms with Gasteiger partial charge < -0.3 is 10.2 Å². The van der Waals surface area contributed by atoms with Crippen molar-refractivity contribution in [2.24, 2.45) is 0 Å². The third-order valence-electron chi connectivity index (χ3n) is 6.13. The Labute approximate surface area is 238 Å². The Hall–Kier alpha value is -2.88. The van der Waals surface area contributed by atoms with Crippen LogP contribution in [0.25, 0.3) is 0 Å². The van der Waals surface area contributed by atoms with Gasteiger partial charge in [0, 0.05) is 22.1 Å². The number of benzene rings is 3. The fraction of sp³-hybridized carbons (Fsp3) is 0.286. The standard InChI is InChI=1S/C28H31BrClN3O4S/c1-4-20(2)31-28(35)21(3)32(18-22-9-8-10-24(30)17-22)27(34)19-33(25-15-13-23(29)14-16-25)38(36,37)26-11-6-5-7-12-26/h5-17,20-21H,4,18-19H2,1-3H3,(H,31,35). The van der Waals surface area contributed by atoms with E-state index in [1.807, 2.05) is 13.8 Å². The number of rotatable bonds is 11. The molecular weight excluding hydrogens is 590 g/mol. The van der Waals surface area contributed by atoms with Crippen LogP contribution in [0.15, 0.2) is 88.2 Å². The Balaban J connectivity index is 2.01. The van der Waals surface area contributed by atoms with Crippen LogP contribution < -0.4 is 9.62 Å². The Morgan fingerprint density at radius 3 is 2.24 bits per heavy atom. The van der Waals surface area contributed by atoms with Crippen molar-refractivity contribution in [3.63, 3.8) is 0 Å². The van der Waals surface area contributed by atoms with Gasteiger partial charge in [-0.2, -0.15) is 0 Å². The van der Waals surface area contributed by atoms with Crippen molar-refractivity contribution in [2.45, 2.75) is 50.7 Å². The van der Waals surface area contributed by atoms with E-state index in [4.69, 9.17) is 11.6 Å². The van der Waals surface area contributed by atoms with Crippen LogP contribution in [0.4, 0.5) is 5.69 Å². The van der Waals surface area contributed by atoms with Crippen LogP contribution in [0.1, 0.15) is 32.8 Å². The van der Waals surface area contributed by atoms with E-state index in [0.29, 0.717) is 10.7 Å². The third kappa shape index (κ3) is 7.58. The van der Waals surface area contributed by atoms with Gasteiger partial charge in [-0.3, -0.25) is 13.9 Å². The lowest BCUT2D eigenvalue weighted by Gasteiger charge is -2.32. The van der Waals surface area contributed by atoms with E-state index < -0.39 is 28.5 Å². The molecule has 202 valence electrons. The summed E-state index contributed by atoms with van der Waals surface area (Å²) in [6.07, 6.45) is 0.730. The van der Waals surface area contributed by atoms with E-state index in [0.717, 1.165) is 20.8 Å². The van der Waals surface area contributed by atoms with Crippen LogP contribution in [-0.4, -0.2) is 43.8 Å². The molecule has 0 aliphatic rings. The largest absolute Gasteiger partial charge is 0.352 e. The summed E-state index contributed by atoms with van der Waals surface area (Å²) in [5.74, 6) is -0.852. The van der Waals surface area contributed by atoms with Crippen LogP contribution in [0.5, 0.6) is 0 Å². The number of halogens is 2. The van der Waals surface area contributed by atoms with Crippen molar-refractivity contribution in [1.29, 1.82) is 0 Å². The number of hydrogen-bond acceptors (Lipinski definition) is 4. The molecule has 7 nitrogen and oxygen atoms in total. The maximum absolute atomic E-state index is 13.9. The van der Waals surface area contributed by atoms with Gasteiger partial charge in [-0.25, -0.2) is 8.42 Å². The zero-order valence-electron chi connectivity index (χ0n) is 21.5. The number of amides is 2. The molecule has 0 aliphatic carbocycles. The average Bonchev–Trinajstić information content (AvgIpc) is 2.90. The van der Waals surface area contributed by atoms with Gasteiger partial charge in [-0.15, -0.1) is 0 Å². The van der Waals surface area contributed by atoms with Crippen LogP contribution in [0, 0.1) is 0 Å². The molecule has 2 unspecified atom stereocenters. The van der Waals surface area contributed by atoms with Gasteiger partial charge in [-0.05, 0) is 74.4 Å². The minimum atomic E-state index is -4.10. The first-order chi connectivity index (χ1) is 18.0. The number of carbonyl (C=O) groups is 2. The number of nitrogens with zero attached hydrogens (tertiary/aromatic N) is 2. The molecule has 0 aliphatic heterocycles. The van der Waals surface area contributed by atoms with Crippen LogP contribution >= 0.6 is 27.5 Å². The molecule has 3 aromatic carbocycles. The summed E-state index contributed by atoms with van der Waals surface area (Å²) in [6, 6.07) is 20.7. The minimum Gasteiger partial charge on any atom is -0.352 e. The fourth-order valence-electron chi connectivity index (χ4n) is 3.74. The van der Waals surface area contributed by atoms with Crippen molar-refractivity contribution in [3.8, 4) is 0 Å². The normalized spacial score (nSPS) is 12.9. The maximum Gasteiger partial charge on any atom is 0.264 e. The van der Waals surface area contributed by atoms with Gasteiger partial charge >= 0.3 is 0 Å². The molecule has 0 aromatic heterocycles. The first kappa shape index (κ1) is 29.7. The molecule has 0 heterocycles. The first-order valence-electron chi connectivity index (χ1n) is 12.2. The molecular formula is C28H31BrClN3O4S. The molecule has 2 atom stereocenters. The molecule has 3 aromatic rings. The lowest BCUT2D eigenvalue weighted by atomic mass is 10.1. The predicted molar refractivity (Wildman–Crippen MR) is 154 cm³/mol. The molecule has 10 heteroatoms. The van der Waals surface area contributed by atoms with E-state index >= 15 is 0 Å². The second-order valence-corrected chi connectivity index (χ2v) is 12.2. The Morgan fingerprint density at radius 2 is 1.63 bits per heavy atom.